The Morgan fingerprint density at radius 3 is 2.83 bits per heavy atom. The molecule has 126 valence electrons. The van der Waals surface area contributed by atoms with Crippen molar-refractivity contribution in [1.29, 1.82) is 0 Å². The van der Waals surface area contributed by atoms with Crippen LogP contribution in [-0.2, 0) is 18.6 Å². The predicted octanol–water partition coefficient (Wildman–Crippen LogP) is 2.80. The number of carbonyl (C=O) groups is 1. The average Bonchev–Trinajstić information content (AvgIpc) is 3.13. The lowest BCUT2D eigenvalue weighted by atomic mass is 9.99. The highest BCUT2D eigenvalue weighted by molar-refractivity contribution is 7.08. The van der Waals surface area contributed by atoms with Crippen molar-refractivity contribution in [3.63, 3.8) is 0 Å². The van der Waals surface area contributed by atoms with Crippen molar-refractivity contribution in [2.24, 2.45) is 5.92 Å². The third-order valence-electron chi connectivity index (χ3n) is 3.80. The number of thiophene rings is 1. The van der Waals surface area contributed by atoms with E-state index in [0.717, 1.165) is 24.2 Å². The Balaban J connectivity index is 2.08. The van der Waals surface area contributed by atoms with Gasteiger partial charge in [0.1, 0.15) is 5.60 Å². The van der Waals surface area contributed by atoms with Crippen molar-refractivity contribution in [1.82, 2.24) is 15.1 Å². The standard InChI is InChI=1S/C17H25N3O2S/c1-5-15-14(8-19-20(15)9-12(2)3)16(21)18-11-17(4,22)13-6-7-23-10-13/h6-8,10,12,22H,5,9,11H2,1-4H3,(H,18,21). The average molecular weight is 335 g/mol. The number of amides is 1. The molecule has 0 aliphatic rings. The Bertz CT molecular complexity index is 645. The molecule has 0 aliphatic carbocycles. The highest BCUT2D eigenvalue weighted by Crippen LogP contribution is 2.22. The molecule has 0 spiro atoms. The van der Waals surface area contributed by atoms with E-state index in [0.29, 0.717) is 11.5 Å². The van der Waals surface area contributed by atoms with Gasteiger partial charge in [-0.1, -0.05) is 20.8 Å². The number of carbonyl (C=O) groups excluding carboxylic acids is 1. The van der Waals surface area contributed by atoms with Crippen LogP contribution in [0.15, 0.2) is 23.0 Å². The van der Waals surface area contributed by atoms with Crippen LogP contribution in [0.3, 0.4) is 0 Å². The van der Waals surface area contributed by atoms with Gasteiger partial charge in [-0.25, -0.2) is 0 Å². The summed E-state index contributed by atoms with van der Waals surface area (Å²) in [5.74, 6) is 0.280. The summed E-state index contributed by atoms with van der Waals surface area (Å²) in [5, 5.41) is 21.5. The van der Waals surface area contributed by atoms with E-state index >= 15 is 0 Å². The van der Waals surface area contributed by atoms with Crippen LogP contribution in [0.4, 0.5) is 0 Å². The maximum Gasteiger partial charge on any atom is 0.254 e. The van der Waals surface area contributed by atoms with Gasteiger partial charge in [-0.15, -0.1) is 0 Å². The second-order valence-electron chi connectivity index (χ2n) is 6.40. The summed E-state index contributed by atoms with van der Waals surface area (Å²) in [6, 6.07) is 1.87. The van der Waals surface area contributed by atoms with Crippen LogP contribution in [0.2, 0.25) is 0 Å². The number of aromatic nitrogens is 2. The van der Waals surface area contributed by atoms with Crippen LogP contribution in [0, 0.1) is 5.92 Å². The summed E-state index contributed by atoms with van der Waals surface area (Å²) in [4.78, 5) is 12.5. The number of hydrogen-bond donors (Lipinski definition) is 2. The van der Waals surface area contributed by atoms with Gasteiger partial charge in [-0.2, -0.15) is 16.4 Å². The first kappa shape index (κ1) is 17.7. The van der Waals surface area contributed by atoms with Crippen molar-refractivity contribution in [2.45, 2.75) is 46.3 Å². The van der Waals surface area contributed by atoms with Crippen LogP contribution in [0.5, 0.6) is 0 Å². The molecule has 1 atom stereocenters. The molecule has 0 saturated carbocycles. The van der Waals surface area contributed by atoms with Crippen LogP contribution < -0.4 is 5.32 Å². The topological polar surface area (TPSA) is 67.2 Å². The minimum atomic E-state index is -1.07. The molecule has 2 heterocycles. The first-order chi connectivity index (χ1) is 10.8. The second kappa shape index (κ2) is 7.27. The van der Waals surface area contributed by atoms with Crippen molar-refractivity contribution >= 4 is 17.2 Å². The molecule has 0 bridgehead atoms. The molecule has 2 rings (SSSR count). The number of hydrogen-bond acceptors (Lipinski definition) is 4. The Morgan fingerprint density at radius 1 is 1.52 bits per heavy atom. The van der Waals surface area contributed by atoms with Gasteiger partial charge >= 0.3 is 0 Å². The zero-order chi connectivity index (χ0) is 17.0. The second-order valence-corrected chi connectivity index (χ2v) is 7.18. The Labute approximate surface area is 141 Å². The zero-order valence-electron chi connectivity index (χ0n) is 14.2. The van der Waals surface area contributed by atoms with Gasteiger partial charge in [0, 0.05) is 6.54 Å². The van der Waals surface area contributed by atoms with E-state index in [1.807, 2.05) is 28.4 Å². The zero-order valence-corrected chi connectivity index (χ0v) is 15.0. The summed E-state index contributed by atoms with van der Waals surface area (Å²) in [6.07, 6.45) is 2.37. The van der Waals surface area contributed by atoms with E-state index < -0.39 is 5.60 Å². The number of nitrogens with zero attached hydrogens (tertiary/aromatic N) is 2. The summed E-state index contributed by atoms with van der Waals surface area (Å²) in [6.45, 7) is 8.94. The summed E-state index contributed by atoms with van der Waals surface area (Å²) < 4.78 is 1.90. The highest BCUT2D eigenvalue weighted by atomic mass is 32.1. The molecule has 1 amide bonds. The van der Waals surface area contributed by atoms with Crippen molar-refractivity contribution in [3.8, 4) is 0 Å². The molecule has 5 nitrogen and oxygen atoms in total. The van der Waals surface area contributed by atoms with Gasteiger partial charge in [0.05, 0.1) is 24.0 Å². The van der Waals surface area contributed by atoms with E-state index in [1.54, 1.807) is 13.1 Å². The monoisotopic (exact) mass is 335 g/mol. The molecule has 2 N–H and O–H groups in total. The molecule has 23 heavy (non-hydrogen) atoms. The lowest BCUT2D eigenvalue weighted by molar-refractivity contribution is 0.0529. The maximum atomic E-state index is 12.5. The largest absolute Gasteiger partial charge is 0.384 e. The van der Waals surface area contributed by atoms with Crippen LogP contribution in [-0.4, -0.2) is 27.3 Å². The minimum Gasteiger partial charge on any atom is -0.384 e. The molecule has 0 aromatic carbocycles. The number of rotatable bonds is 7. The smallest absolute Gasteiger partial charge is 0.254 e. The molecular weight excluding hydrogens is 310 g/mol. The van der Waals surface area contributed by atoms with Crippen molar-refractivity contribution in [2.75, 3.05) is 6.54 Å². The van der Waals surface area contributed by atoms with E-state index in [2.05, 4.69) is 24.3 Å². The van der Waals surface area contributed by atoms with E-state index in [9.17, 15) is 9.90 Å². The molecule has 2 aromatic heterocycles. The van der Waals surface area contributed by atoms with Gasteiger partial charge in [0.15, 0.2) is 0 Å². The Hall–Kier alpha value is -1.66. The van der Waals surface area contributed by atoms with Gasteiger partial charge in [-0.05, 0) is 41.7 Å². The van der Waals surface area contributed by atoms with Crippen LogP contribution in [0.25, 0.3) is 0 Å². The fourth-order valence-electron chi connectivity index (χ4n) is 2.50. The lowest BCUT2D eigenvalue weighted by Crippen LogP contribution is -2.38. The molecule has 1 unspecified atom stereocenters. The van der Waals surface area contributed by atoms with Crippen molar-refractivity contribution < 1.29 is 9.90 Å². The fourth-order valence-corrected chi connectivity index (χ4v) is 3.28. The molecule has 0 saturated heterocycles. The molecule has 0 fully saturated rings. The summed E-state index contributed by atoms with van der Waals surface area (Å²) in [7, 11) is 0. The van der Waals surface area contributed by atoms with Gasteiger partial charge < -0.3 is 10.4 Å². The number of aliphatic hydroxyl groups is 1. The number of nitrogens with one attached hydrogen (secondary N) is 1. The fraction of sp³-hybridized carbons (Fsp3) is 0.529. The summed E-state index contributed by atoms with van der Waals surface area (Å²) >= 11 is 1.53. The SMILES string of the molecule is CCc1c(C(=O)NCC(C)(O)c2ccsc2)cnn1CC(C)C. The highest BCUT2D eigenvalue weighted by Gasteiger charge is 2.25. The molecule has 0 radical (unpaired) electrons. The minimum absolute atomic E-state index is 0.168. The van der Waals surface area contributed by atoms with E-state index in [1.165, 1.54) is 11.3 Å². The van der Waals surface area contributed by atoms with E-state index in [-0.39, 0.29) is 12.5 Å². The maximum absolute atomic E-state index is 12.5. The molecule has 6 heteroatoms. The molecule has 2 aromatic rings. The Kier molecular flexibility index (Phi) is 5.59. The quantitative estimate of drug-likeness (QED) is 0.817. The van der Waals surface area contributed by atoms with Gasteiger partial charge in [-0.3, -0.25) is 9.48 Å². The first-order valence-electron chi connectivity index (χ1n) is 7.93. The van der Waals surface area contributed by atoms with Gasteiger partial charge in [0.2, 0.25) is 0 Å². The molecule has 0 aliphatic heterocycles. The van der Waals surface area contributed by atoms with E-state index in [4.69, 9.17) is 0 Å². The van der Waals surface area contributed by atoms with Crippen molar-refractivity contribution in [3.05, 3.63) is 39.8 Å². The van der Waals surface area contributed by atoms with Crippen LogP contribution in [0.1, 0.15) is 49.3 Å². The predicted molar refractivity (Wildman–Crippen MR) is 92.7 cm³/mol. The molecular formula is C17H25N3O2S. The summed E-state index contributed by atoms with van der Waals surface area (Å²) in [5.41, 5.74) is 1.27. The normalized spacial score (nSPS) is 14.0. The lowest BCUT2D eigenvalue weighted by Gasteiger charge is -2.22. The third kappa shape index (κ3) is 4.20. The Morgan fingerprint density at radius 2 is 2.26 bits per heavy atom. The van der Waals surface area contributed by atoms with Crippen LogP contribution >= 0.6 is 11.3 Å². The van der Waals surface area contributed by atoms with Gasteiger partial charge in [0.25, 0.3) is 5.91 Å². The first-order valence-corrected chi connectivity index (χ1v) is 8.87. The third-order valence-corrected chi connectivity index (χ3v) is 4.49.